The van der Waals surface area contributed by atoms with Gasteiger partial charge in [-0.15, -0.1) is 0 Å². The number of amides is 3. The Balaban J connectivity index is 1.75. The van der Waals surface area contributed by atoms with E-state index in [2.05, 4.69) is 61.4 Å². The number of fused-ring (bicyclic) bond motifs is 1. The molecule has 2 aliphatic rings. The van der Waals surface area contributed by atoms with Crippen LogP contribution in [0.3, 0.4) is 0 Å². The van der Waals surface area contributed by atoms with Crippen LogP contribution in [0.5, 0.6) is 0 Å². The first-order valence-electron chi connectivity index (χ1n) is 16.1. The van der Waals surface area contributed by atoms with Gasteiger partial charge in [-0.1, -0.05) is 32.9 Å². The first kappa shape index (κ1) is 39.9. The van der Waals surface area contributed by atoms with E-state index in [1.54, 1.807) is 4.72 Å². The second-order valence-corrected chi connectivity index (χ2v) is 19.6. The van der Waals surface area contributed by atoms with Crippen molar-refractivity contribution in [1.29, 1.82) is 0 Å². The Morgan fingerprint density at radius 3 is 2.24 bits per heavy atom. The highest BCUT2D eigenvalue weighted by molar-refractivity contribution is 7.88. The summed E-state index contributed by atoms with van der Waals surface area (Å²) in [6.07, 6.45) is 7.72. The number of hydrogen-bond donors (Lipinski definition) is 4. The van der Waals surface area contributed by atoms with E-state index in [9.17, 15) is 22.8 Å². The molecule has 0 radical (unpaired) electrons. The zero-order valence-corrected chi connectivity index (χ0v) is 30.2. The zero-order valence-electron chi connectivity index (χ0n) is 28.4. The third kappa shape index (κ3) is 15.6. The van der Waals surface area contributed by atoms with Crippen LogP contribution in [-0.2, 0) is 38.4 Å². The number of rotatable bonds is 20. The highest BCUT2D eigenvalue weighted by Gasteiger charge is 2.49. The predicted molar refractivity (Wildman–Crippen MR) is 176 cm³/mol. The number of hydrogen-bond acceptors (Lipinski definition) is 10. The van der Waals surface area contributed by atoms with Crippen molar-refractivity contribution in [3.05, 3.63) is 12.2 Å². The molecule has 266 valence electrons. The summed E-state index contributed by atoms with van der Waals surface area (Å²) in [5.41, 5.74) is 0. The highest BCUT2D eigenvalue weighted by Crippen LogP contribution is 2.52. The molecular formula is C30H56N4O10SSi. The molecule has 3 amide bonds. The molecule has 1 fully saturated rings. The van der Waals surface area contributed by atoms with Gasteiger partial charge in [-0.25, -0.2) is 14.3 Å². The number of alkyl carbamates (subject to hydrolysis) is 1. The van der Waals surface area contributed by atoms with E-state index >= 15 is 0 Å². The van der Waals surface area contributed by atoms with Crippen molar-refractivity contribution in [3.8, 4) is 0 Å². The first-order valence-corrected chi connectivity index (χ1v) is 20.5. The average molecular weight is 693 g/mol. The Morgan fingerprint density at radius 1 is 0.935 bits per heavy atom. The Morgan fingerprint density at radius 2 is 1.61 bits per heavy atom. The van der Waals surface area contributed by atoms with E-state index in [4.69, 9.17) is 23.4 Å². The van der Waals surface area contributed by atoms with Gasteiger partial charge in [0.25, 0.3) is 0 Å². The van der Waals surface area contributed by atoms with E-state index in [-0.39, 0.29) is 50.3 Å². The summed E-state index contributed by atoms with van der Waals surface area (Å²) in [4.78, 5) is 37.2. The molecule has 0 aromatic heterocycles. The average Bonchev–Trinajstić information content (AvgIpc) is 3.60. The van der Waals surface area contributed by atoms with Gasteiger partial charge in [0.15, 0.2) is 8.32 Å². The lowest BCUT2D eigenvalue weighted by atomic mass is 10.1. The molecule has 2 rings (SSSR count). The summed E-state index contributed by atoms with van der Waals surface area (Å²) in [7, 11) is -4.87. The summed E-state index contributed by atoms with van der Waals surface area (Å²) in [6.45, 7) is 11.5. The minimum Gasteiger partial charge on any atom is -0.449 e. The van der Waals surface area contributed by atoms with E-state index in [0.29, 0.717) is 44.0 Å². The maximum absolute atomic E-state index is 12.7. The van der Waals surface area contributed by atoms with Crippen molar-refractivity contribution < 1.29 is 46.2 Å². The standard InChI is InChI=1S/C30H56N4O10SSi/c1-30(2,3)46(5,6)44-21-23(20-42-29(37)34-45(38,39)32-16-17-41-19-18-40-4)33-27(35)14-11-15-31-28(36)43-22-26-24-12-9-7-8-10-13-25(24)26/h7-8,23-26,32H,9-22H2,1-6H3,(H,31,36)(H,33,35)(H,34,37)/b8-7-/t23-,24-,25+,26-/m1/s1. The van der Waals surface area contributed by atoms with Crippen molar-refractivity contribution in [1.82, 2.24) is 20.1 Å². The summed E-state index contributed by atoms with van der Waals surface area (Å²) in [5.74, 6) is 1.40. The number of ether oxygens (including phenoxy) is 4. The van der Waals surface area contributed by atoms with Gasteiger partial charge in [0, 0.05) is 26.6 Å². The second kappa shape index (κ2) is 19.5. The molecule has 16 heteroatoms. The number of allylic oxidation sites excluding steroid dienone is 2. The smallest absolute Gasteiger partial charge is 0.421 e. The summed E-state index contributed by atoms with van der Waals surface area (Å²) in [6, 6.07) is -0.721. The molecule has 0 heterocycles. The third-order valence-corrected chi connectivity index (χ3v) is 14.2. The van der Waals surface area contributed by atoms with Gasteiger partial charge in [-0.2, -0.15) is 13.1 Å². The third-order valence-electron chi connectivity index (χ3n) is 8.69. The van der Waals surface area contributed by atoms with Gasteiger partial charge in [-0.3, -0.25) is 4.79 Å². The van der Waals surface area contributed by atoms with Crippen molar-refractivity contribution >= 4 is 36.6 Å². The predicted octanol–water partition coefficient (Wildman–Crippen LogP) is 3.22. The largest absolute Gasteiger partial charge is 0.449 e. The van der Waals surface area contributed by atoms with E-state index in [1.165, 1.54) is 7.11 Å². The van der Waals surface area contributed by atoms with E-state index in [0.717, 1.165) is 25.7 Å². The minimum absolute atomic E-state index is 0.0582. The highest BCUT2D eigenvalue weighted by atomic mass is 32.2. The zero-order chi connectivity index (χ0) is 34.2. The number of nitrogens with one attached hydrogen (secondary N) is 4. The van der Waals surface area contributed by atoms with Gasteiger partial charge in [-0.05, 0) is 68.0 Å². The number of carbonyl (C=O) groups is 3. The number of carbonyl (C=O) groups excluding carboxylic acids is 3. The molecule has 0 unspecified atom stereocenters. The Kier molecular flexibility index (Phi) is 17.0. The minimum atomic E-state index is -4.18. The van der Waals surface area contributed by atoms with E-state index in [1.807, 2.05) is 0 Å². The molecule has 2 aliphatic carbocycles. The van der Waals surface area contributed by atoms with Crippen LogP contribution in [0.2, 0.25) is 18.1 Å². The van der Waals surface area contributed by atoms with Crippen molar-refractivity contribution in [2.75, 3.05) is 59.8 Å². The quantitative estimate of drug-likeness (QED) is 0.0841. The first-order chi connectivity index (χ1) is 21.6. The molecule has 46 heavy (non-hydrogen) atoms. The maximum atomic E-state index is 12.7. The van der Waals surface area contributed by atoms with E-state index < -0.39 is 36.8 Å². The Hall–Kier alpha value is -2.24. The fraction of sp³-hybridized carbons (Fsp3) is 0.833. The lowest BCUT2D eigenvalue weighted by molar-refractivity contribution is -0.122. The molecule has 14 nitrogen and oxygen atoms in total. The molecule has 0 aliphatic heterocycles. The Labute approximate surface area is 275 Å². The molecule has 0 saturated heterocycles. The number of methoxy groups -OCH3 is 1. The summed E-state index contributed by atoms with van der Waals surface area (Å²) >= 11 is 0. The second-order valence-electron chi connectivity index (χ2n) is 13.3. The van der Waals surface area contributed by atoms with Crippen LogP contribution < -0.4 is 20.1 Å². The van der Waals surface area contributed by atoms with Gasteiger partial charge in [0.1, 0.15) is 6.61 Å². The lowest BCUT2D eigenvalue weighted by Gasteiger charge is -2.37. The van der Waals surface area contributed by atoms with Crippen LogP contribution in [0.1, 0.15) is 59.3 Å². The summed E-state index contributed by atoms with van der Waals surface area (Å²) in [5, 5.41) is 5.41. The van der Waals surface area contributed by atoms with Gasteiger partial charge < -0.3 is 34.0 Å². The topological polar surface area (TPSA) is 180 Å². The van der Waals surface area contributed by atoms with Gasteiger partial charge >= 0.3 is 22.4 Å². The Bertz CT molecular complexity index is 1080. The maximum Gasteiger partial charge on any atom is 0.421 e. The van der Waals surface area contributed by atoms with Crippen molar-refractivity contribution in [2.45, 2.75) is 83.5 Å². The molecule has 0 aromatic rings. The molecular weight excluding hydrogens is 637 g/mol. The molecule has 1 saturated carbocycles. The monoisotopic (exact) mass is 692 g/mol. The fourth-order valence-corrected chi connectivity index (χ4v) is 6.66. The van der Waals surface area contributed by atoms with Gasteiger partial charge in [0.2, 0.25) is 5.91 Å². The molecule has 0 aromatic carbocycles. The SMILES string of the molecule is COCCOCCNS(=O)(=O)NC(=O)OC[C@H](CO[Si](C)(C)C(C)(C)C)NC(=O)CCCNC(=O)OC[C@@H]1[C@@H]2CC/C=C\CC[C@@H]21. The van der Waals surface area contributed by atoms with Gasteiger partial charge in [0.05, 0.1) is 39.1 Å². The molecule has 4 atom stereocenters. The van der Waals surface area contributed by atoms with Crippen LogP contribution in [0.25, 0.3) is 0 Å². The van der Waals surface area contributed by atoms with Crippen molar-refractivity contribution in [2.24, 2.45) is 17.8 Å². The van der Waals surface area contributed by atoms with Crippen LogP contribution in [0, 0.1) is 17.8 Å². The molecule has 4 N–H and O–H groups in total. The fourth-order valence-electron chi connectivity index (χ4n) is 4.90. The molecule has 0 bridgehead atoms. The van der Waals surface area contributed by atoms with Crippen LogP contribution in [0.4, 0.5) is 9.59 Å². The summed E-state index contributed by atoms with van der Waals surface area (Å²) < 4.78 is 55.1. The van der Waals surface area contributed by atoms with Crippen LogP contribution >= 0.6 is 0 Å². The lowest BCUT2D eigenvalue weighted by Crippen LogP contribution is -2.49. The molecule has 0 spiro atoms. The van der Waals surface area contributed by atoms with Crippen LogP contribution in [0.15, 0.2) is 12.2 Å². The van der Waals surface area contributed by atoms with Crippen LogP contribution in [-0.4, -0.2) is 101 Å². The normalized spacial score (nSPS) is 21.1. The van der Waals surface area contributed by atoms with Crippen molar-refractivity contribution in [3.63, 3.8) is 0 Å².